The molecule has 3 aromatic rings. The van der Waals surface area contributed by atoms with Gasteiger partial charge in [-0.1, -0.05) is 0 Å². The summed E-state index contributed by atoms with van der Waals surface area (Å²) in [5.74, 6) is 2.55. The second-order valence-electron chi connectivity index (χ2n) is 7.61. The summed E-state index contributed by atoms with van der Waals surface area (Å²) in [5.41, 5.74) is 0.962. The van der Waals surface area contributed by atoms with Crippen LogP contribution in [0.3, 0.4) is 0 Å². The van der Waals surface area contributed by atoms with Gasteiger partial charge < -0.3 is 29.0 Å². The average molecular weight is 425 g/mol. The van der Waals surface area contributed by atoms with Crippen molar-refractivity contribution in [2.45, 2.75) is 25.4 Å². The monoisotopic (exact) mass is 425 g/mol. The Labute approximate surface area is 181 Å². The number of ether oxygens (including phenoxy) is 4. The number of fused-ring (bicyclic) bond motifs is 3. The van der Waals surface area contributed by atoms with Gasteiger partial charge in [-0.25, -0.2) is 0 Å². The Morgan fingerprint density at radius 2 is 1.39 bits per heavy atom. The number of hydrogen-bond acceptors (Lipinski definition) is 6. The van der Waals surface area contributed by atoms with Gasteiger partial charge in [0.25, 0.3) is 0 Å². The lowest BCUT2D eigenvalue weighted by Crippen LogP contribution is -2.34. The molecule has 1 amide bonds. The predicted molar refractivity (Wildman–Crippen MR) is 118 cm³/mol. The molecule has 7 nitrogen and oxygen atoms in total. The van der Waals surface area contributed by atoms with Crippen LogP contribution in [0, 0.1) is 0 Å². The third-order valence-corrected chi connectivity index (χ3v) is 6.05. The van der Waals surface area contributed by atoms with Crippen molar-refractivity contribution in [2.75, 3.05) is 35.0 Å². The van der Waals surface area contributed by atoms with Gasteiger partial charge in [-0.05, 0) is 63.9 Å². The largest absolute Gasteiger partial charge is 0.493 e. The quantitative estimate of drug-likeness (QED) is 0.584. The SMILES string of the molecule is COc1cc2cc(CN3C(=O)CCC3CO)c3cc(OC)c(OC)cc3c2cc1OC. The first-order valence-electron chi connectivity index (χ1n) is 10.2. The van der Waals surface area contributed by atoms with Crippen molar-refractivity contribution in [3.8, 4) is 23.0 Å². The maximum Gasteiger partial charge on any atom is 0.223 e. The van der Waals surface area contributed by atoms with Crippen LogP contribution in [0.4, 0.5) is 0 Å². The molecule has 1 unspecified atom stereocenters. The van der Waals surface area contributed by atoms with Crippen LogP contribution in [-0.2, 0) is 11.3 Å². The molecule has 1 fully saturated rings. The zero-order valence-corrected chi connectivity index (χ0v) is 18.2. The highest BCUT2D eigenvalue weighted by Crippen LogP contribution is 2.41. The maximum absolute atomic E-state index is 12.5. The molecule has 31 heavy (non-hydrogen) atoms. The second kappa shape index (κ2) is 8.51. The van der Waals surface area contributed by atoms with Crippen LogP contribution in [0.1, 0.15) is 18.4 Å². The van der Waals surface area contributed by atoms with Crippen molar-refractivity contribution in [1.82, 2.24) is 4.90 Å². The number of methoxy groups -OCH3 is 4. The summed E-state index contributed by atoms with van der Waals surface area (Å²) in [7, 11) is 6.42. The number of hydrogen-bond donors (Lipinski definition) is 1. The molecule has 4 rings (SSSR count). The molecule has 0 bridgehead atoms. The van der Waals surface area contributed by atoms with Gasteiger partial charge in [0.1, 0.15) is 0 Å². The summed E-state index contributed by atoms with van der Waals surface area (Å²) in [6.07, 6.45) is 1.13. The number of aliphatic hydroxyl groups excluding tert-OH is 1. The minimum absolute atomic E-state index is 0.0422. The zero-order valence-electron chi connectivity index (χ0n) is 18.2. The third-order valence-electron chi connectivity index (χ3n) is 6.05. The topological polar surface area (TPSA) is 77.5 Å². The first-order chi connectivity index (χ1) is 15.0. The van der Waals surface area contributed by atoms with Crippen LogP contribution in [0.25, 0.3) is 21.5 Å². The van der Waals surface area contributed by atoms with Crippen LogP contribution in [0.15, 0.2) is 30.3 Å². The number of rotatable bonds is 7. The van der Waals surface area contributed by atoms with Gasteiger partial charge in [0, 0.05) is 13.0 Å². The number of carbonyl (C=O) groups excluding carboxylic acids is 1. The molecular formula is C24H27NO6. The minimum Gasteiger partial charge on any atom is -0.493 e. The van der Waals surface area contributed by atoms with Crippen LogP contribution in [-0.4, -0.2) is 57.0 Å². The van der Waals surface area contributed by atoms with E-state index in [2.05, 4.69) is 6.07 Å². The summed E-state index contributed by atoms with van der Waals surface area (Å²) < 4.78 is 22.1. The van der Waals surface area contributed by atoms with E-state index < -0.39 is 0 Å². The highest BCUT2D eigenvalue weighted by molar-refractivity contribution is 6.11. The van der Waals surface area contributed by atoms with Crippen LogP contribution >= 0.6 is 0 Å². The molecule has 1 atom stereocenters. The van der Waals surface area contributed by atoms with E-state index in [1.54, 1.807) is 33.3 Å². The molecule has 1 heterocycles. The van der Waals surface area contributed by atoms with Gasteiger partial charge in [0.05, 0.1) is 41.1 Å². The van der Waals surface area contributed by atoms with Crippen molar-refractivity contribution in [2.24, 2.45) is 0 Å². The van der Waals surface area contributed by atoms with Crippen molar-refractivity contribution < 1.29 is 28.8 Å². The van der Waals surface area contributed by atoms with E-state index in [-0.39, 0.29) is 18.6 Å². The molecule has 1 saturated heterocycles. The summed E-state index contributed by atoms with van der Waals surface area (Å²) in [4.78, 5) is 14.3. The molecule has 1 aliphatic heterocycles. The van der Waals surface area contributed by atoms with Crippen LogP contribution in [0.5, 0.6) is 23.0 Å². The molecule has 0 saturated carbocycles. The van der Waals surface area contributed by atoms with E-state index in [4.69, 9.17) is 18.9 Å². The molecular weight excluding hydrogens is 398 g/mol. The number of carbonyl (C=O) groups is 1. The first-order valence-corrected chi connectivity index (χ1v) is 10.2. The van der Waals surface area contributed by atoms with Crippen molar-refractivity contribution in [1.29, 1.82) is 0 Å². The van der Waals surface area contributed by atoms with Gasteiger partial charge in [-0.3, -0.25) is 4.79 Å². The van der Waals surface area contributed by atoms with Crippen molar-refractivity contribution >= 4 is 27.5 Å². The fourth-order valence-electron chi connectivity index (χ4n) is 4.39. The van der Waals surface area contributed by atoms with Gasteiger partial charge in [-0.2, -0.15) is 0 Å². The highest BCUT2D eigenvalue weighted by Gasteiger charge is 2.31. The molecule has 3 aromatic carbocycles. The van der Waals surface area contributed by atoms with E-state index in [1.165, 1.54) is 0 Å². The fraction of sp³-hybridized carbons (Fsp3) is 0.375. The van der Waals surface area contributed by atoms with Gasteiger partial charge in [0.2, 0.25) is 5.91 Å². The van der Waals surface area contributed by atoms with E-state index >= 15 is 0 Å². The Morgan fingerprint density at radius 1 is 0.839 bits per heavy atom. The van der Waals surface area contributed by atoms with E-state index in [0.29, 0.717) is 42.4 Å². The van der Waals surface area contributed by atoms with E-state index in [9.17, 15) is 9.90 Å². The Morgan fingerprint density at radius 3 is 1.97 bits per heavy atom. The molecule has 0 aliphatic carbocycles. The van der Waals surface area contributed by atoms with Crippen molar-refractivity contribution in [3.63, 3.8) is 0 Å². The average Bonchev–Trinajstić information content (AvgIpc) is 3.16. The lowest BCUT2D eigenvalue weighted by Gasteiger charge is -2.25. The molecule has 164 valence electrons. The minimum atomic E-state index is -0.163. The molecule has 1 aliphatic rings. The first kappa shape index (κ1) is 21.1. The van der Waals surface area contributed by atoms with Crippen molar-refractivity contribution in [3.05, 3.63) is 35.9 Å². The van der Waals surface area contributed by atoms with Gasteiger partial charge in [-0.15, -0.1) is 0 Å². The second-order valence-corrected chi connectivity index (χ2v) is 7.61. The van der Waals surface area contributed by atoms with Gasteiger partial charge >= 0.3 is 0 Å². The molecule has 7 heteroatoms. The summed E-state index contributed by atoms with van der Waals surface area (Å²) in [5, 5.41) is 13.6. The lowest BCUT2D eigenvalue weighted by atomic mass is 9.95. The van der Waals surface area contributed by atoms with E-state index in [0.717, 1.165) is 27.1 Å². The molecule has 0 spiro atoms. The standard InChI is InChI=1S/C24H27NO6/c1-28-20-8-14-7-15(12-25-16(13-26)5-6-24(25)27)18-10-22(30-3)23(31-4)11-19(18)17(14)9-21(20)29-2/h7-11,16,26H,5-6,12-13H2,1-4H3. The zero-order chi connectivity index (χ0) is 22.1. The third kappa shape index (κ3) is 3.59. The lowest BCUT2D eigenvalue weighted by molar-refractivity contribution is -0.130. The van der Waals surface area contributed by atoms with E-state index in [1.807, 2.05) is 24.3 Å². The van der Waals surface area contributed by atoms with Crippen LogP contribution in [0.2, 0.25) is 0 Å². The summed E-state index contributed by atoms with van der Waals surface area (Å²) >= 11 is 0. The Kier molecular flexibility index (Phi) is 5.78. The maximum atomic E-state index is 12.5. The number of benzene rings is 3. The molecule has 0 radical (unpaired) electrons. The predicted octanol–water partition coefficient (Wildman–Crippen LogP) is 3.51. The fourth-order valence-corrected chi connectivity index (χ4v) is 4.39. The van der Waals surface area contributed by atoms with Crippen LogP contribution < -0.4 is 18.9 Å². The Hall–Kier alpha value is -3.19. The molecule has 0 aromatic heterocycles. The Bertz CT molecular complexity index is 1140. The molecule has 1 N–H and O–H groups in total. The number of nitrogens with zero attached hydrogens (tertiary/aromatic N) is 1. The summed E-state index contributed by atoms with van der Waals surface area (Å²) in [6.45, 7) is 0.361. The number of likely N-dealkylation sites (tertiary alicyclic amines) is 1. The van der Waals surface area contributed by atoms with Gasteiger partial charge in [0.15, 0.2) is 23.0 Å². The summed E-state index contributed by atoms with van der Waals surface area (Å²) in [6, 6.07) is 9.66. The Balaban J connectivity index is 1.99. The normalized spacial score (nSPS) is 16.2. The highest BCUT2D eigenvalue weighted by atomic mass is 16.5. The smallest absolute Gasteiger partial charge is 0.223 e. The number of aliphatic hydroxyl groups is 1. The number of amides is 1.